The molecule has 1 rings (SSSR count). The van der Waals surface area contributed by atoms with Crippen LogP contribution in [0.15, 0.2) is 18.2 Å². The molecule has 17 heavy (non-hydrogen) atoms. The van der Waals surface area contributed by atoms with E-state index in [1.807, 2.05) is 0 Å². The van der Waals surface area contributed by atoms with Gasteiger partial charge in [-0.15, -0.1) is 0 Å². The Morgan fingerprint density at radius 3 is 2.47 bits per heavy atom. The number of halogens is 4. The maximum atomic E-state index is 12.5. The van der Waals surface area contributed by atoms with Crippen molar-refractivity contribution in [2.45, 2.75) is 18.7 Å². The molecule has 0 spiro atoms. The lowest BCUT2D eigenvalue weighted by Gasteiger charge is -2.13. The first-order chi connectivity index (χ1) is 7.71. The second kappa shape index (κ2) is 4.93. The molecule has 0 aliphatic carbocycles. The van der Waals surface area contributed by atoms with Crippen LogP contribution in [0.1, 0.15) is 23.7 Å². The van der Waals surface area contributed by atoms with Crippen LogP contribution in [0.25, 0.3) is 0 Å². The van der Waals surface area contributed by atoms with Gasteiger partial charge in [-0.05, 0) is 17.7 Å². The van der Waals surface area contributed by atoms with E-state index in [4.69, 9.17) is 16.7 Å². The van der Waals surface area contributed by atoms with Crippen molar-refractivity contribution in [2.24, 2.45) is 0 Å². The third-order valence-electron chi connectivity index (χ3n) is 2.05. The van der Waals surface area contributed by atoms with Gasteiger partial charge in [-0.2, -0.15) is 13.2 Å². The van der Waals surface area contributed by atoms with Crippen molar-refractivity contribution in [3.8, 4) is 0 Å². The van der Waals surface area contributed by atoms with Crippen molar-refractivity contribution in [2.75, 3.05) is 0 Å². The summed E-state index contributed by atoms with van der Waals surface area (Å²) in [6, 6.07) is 2.78. The first-order valence-electron chi connectivity index (χ1n) is 4.48. The zero-order valence-electron chi connectivity index (χ0n) is 8.33. The van der Waals surface area contributed by atoms with Gasteiger partial charge < -0.3 is 10.2 Å². The highest BCUT2D eigenvalue weighted by atomic mass is 35.5. The van der Waals surface area contributed by atoms with Crippen molar-refractivity contribution in [1.29, 1.82) is 0 Å². The highest BCUT2D eigenvalue weighted by molar-refractivity contribution is 6.31. The summed E-state index contributed by atoms with van der Waals surface area (Å²) >= 11 is 5.37. The molecule has 0 aliphatic rings. The van der Waals surface area contributed by atoms with E-state index in [9.17, 15) is 23.1 Å². The van der Waals surface area contributed by atoms with Crippen molar-refractivity contribution in [3.05, 3.63) is 34.3 Å². The van der Waals surface area contributed by atoms with E-state index in [0.29, 0.717) is 6.07 Å². The molecule has 0 bridgehead atoms. The van der Waals surface area contributed by atoms with Gasteiger partial charge in [0.2, 0.25) is 0 Å². The Balaban J connectivity index is 3.08. The van der Waals surface area contributed by atoms with Crippen LogP contribution in [-0.4, -0.2) is 16.2 Å². The number of carboxylic acid groups (broad SMARTS) is 1. The molecule has 3 nitrogen and oxygen atoms in total. The van der Waals surface area contributed by atoms with Crippen LogP contribution in [0.4, 0.5) is 13.2 Å². The van der Waals surface area contributed by atoms with Crippen LogP contribution in [0.2, 0.25) is 5.02 Å². The summed E-state index contributed by atoms with van der Waals surface area (Å²) < 4.78 is 37.4. The molecule has 0 radical (unpaired) electrons. The summed E-state index contributed by atoms with van der Waals surface area (Å²) in [6.45, 7) is 0. The number of benzene rings is 1. The fourth-order valence-corrected chi connectivity index (χ4v) is 1.48. The van der Waals surface area contributed by atoms with Crippen LogP contribution in [0.3, 0.4) is 0 Å². The minimum Gasteiger partial charge on any atom is -0.481 e. The Morgan fingerprint density at radius 1 is 1.41 bits per heavy atom. The molecule has 0 saturated heterocycles. The number of carboxylic acids is 1. The van der Waals surface area contributed by atoms with Crippen LogP contribution in [0.5, 0.6) is 0 Å². The Labute approximate surface area is 99.4 Å². The average Bonchev–Trinajstić information content (AvgIpc) is 2.15. The number of aliphatic carboxylic acids is 1. The van der Waals surface area contributed by atoms with E-state index < -0.39 is 35.3 Å². The molecular weight excluding hydrogens is 261 g/mol. The predicted molar refractivity (Wildman–Crippen MR) is 53.7 cm³/mol. The smallest absolute Gasteiger partial charge is 0.417 e. The number of alkyl halides is 3. The van der Waals surface area contributed by atoms with Crippen LogP contribution >= 0.6 is 11.6 Å². The summed E-state index contributed by atoms with van der Waals surface area (Å²) in [5.41, 5.74) is -1.23. The summed E-state index contributed by atoms with van der Waals surface area (Å²) in [6.07, 6.45) is -6.81. The minimum absolute atomic E-state index is 0.135. The van der Waals surface area contributed by atoms with Gasteiger partial charge >= 0.3 is 12.1 Å². The minimum atomic E-state index is -4.64. The molecule has 0 aromatic heterocycles. The van der Waals surface area contributed by atoms with Crippen LogP contribution in [0, 0.1) is 0 Å². The Kier molecular flexibility index (Phi) is 4.00. The van der Waals surface area contributed by atoms with Gasteiger partial charge in [-0.3, -0.25) is 4.79 Å². The third-order valence-corrected chi connectivity index (χ3v) is 2.38. The molecule has 0 saturated carbocycles. The monoisotopic (exact) mass is 268 g/mol. The summed E-state index contributed by atoms with van der Waals surface area (Å²) in [5, 5.41) is 17.3. The van der Waals surface area contributed by atoms with E-state index in [0.717, 1.165) is 12.1 Å². The van der Waals surface area contributed by atoms with E-state index in [2.05, 4.69) is 0 Å². The van der Waals surface area contributed by atoms with E-state index in [1.54, 1.807) is 0 Å². The molecule has 0 aliphatic heterocycles. The molecule has 1 aromatic carbocycles. The molecule has 1 atom stereocenters. The lowest BCUT2D eigenvalue weighted by Crippen LogP contribution is -2.10. The zero-order valence-corrected chi connectivity index (χ0v) is 9.09. The van der Waals surface area contributed by atoms with Crippen LogP contribution < -0.4 is 0 Å². The molecule has 0 amide bonds. The lowest BCUT2D eigenvalue weighted by molar-refractivity contribution is -0.139. The first kappa shape index (κ1) is 13.8. The molecular formula is C10H8ClF3O3. The van der Waals surface area contributed by atoms with Crippen molar-refractivity contribution >= 4 is 17.6 Å². The highest BCUT2D eigenvalue weighted by Crippen LogP contribution is 2.36. The fourth-order valence-electron chi connectivity index (χ4n) is 1.25. The topological polar surface area (TPSA) is 57.5 Å². The molecule has 2 N–H and O–H groups in total. The van der Waals surface area contributed by atoms with E-state index in [1.165, 1.54) is 0 Å². The van der Waals surface area contributed by atoms with Crippen LogP contribution in [-0.2, 0) is 11.0 Å². The number of aliphatic hydroxyl groups is 1. The van der Waals surface area contributed by atoms with E-state index >= 15 is 0 Å². The van der Waals surface area contributed by atoms with Crippen molar-refractivity contribution in [1.82, 2.24) is 0 Å². The van der Waals surface area contributed by atoms with Gasteiger partial charge in [-0.1, -0.05) is 17.7 Å². The Hall–Kier alpha value is -1.27. The number of hydrogen-bond acceptors (Lipinski definition) is 2. The van der Waals surface area contributed by atoms with Crippen molar-refractivity contribution < 1.29 is 28.2 Å². The molecule has 0 unspecified atom stereocenters. The molecule has 1 aromatic rings. The maximum Gasteiger partial charge on any atom is 0.417 e. The predicted octanol–water partition coefficient (Wildman–Crippen LogP) is 2.87. The number of rotatable bonds is 3. The fraction of sp³-hybridized carbons (Fsp3) is 0.300. The maximum absolute atomic E-state index is 12.5. The third kappa shape index (κ3) is 3.61. The quantitative estimate of drug-likeness (QED) is 0.886. The standard InChI is InChI=1S/C10H8ClF3O3/c11-7-2-1-5(8(15)4-9(16)17)3-6(7)10(12,13)14/h1-3,8,15H,4H2,(H,16,17)/t8-/m0/s1. The Morgan fingerprint density at radius 2 is 2.00 bits per heavy atom. The molecule has 0 heterocycles. The zero-order chi connectivity index (χ0) is 13.2. The van der Waals surface area contributed by atoms with E-state index in [-0.39, 0.29) is 5.56 Å². The summed E-state index contributed by atoms with van der Waals surface area (Å²) in [5.74, 6) is -1.30. The van der Waals surface area contributed by atoms with Crippen molar-refractivity contribution in [3.63, 3.8) is 0 Å². The summed E-state index contributed by atoms with van der Waals surface area (Å²) in [7, 11) is 0. The largest absolute Gasteiger partial charge is 0.481 e. The second-order valence-corrected chi connectivity index (χ2v) is 3.76. The Bertz CT molecular complexity index is 431. The van der Waals surface area contributed by atoms with Gasteiger partial charge in [0, 0.05) is 0 Å². The molecule has 94 valence electrons. The molecule has 7 heteroatoms. The highest BCUT2D eigenvalue weighted by Gasteiger charge is 2.33. The SMILES string of the molecule is O=C(O)C[C@H](O)c1ccc(Cl)c(C(F)(F)F)c1. The average molecular weight is 269 g/mol. The van der Waals surface area contributed by atoms with Gasteiger partial charge in [0.15, 0.2) is 0 Å². The summed E-state index contributed by atoms with van der Waals surface area (Å²) in [4.78, 5) is 10.3. The van der Waals surface area contributed by atoms with Gasteiger partial charge in [-0.25, -0.2) is 0 Å². The number of carbonyl (C=O) groups is 1. The number of hydrogen-bond donors (Lipinski definition) is 2. The van der Waals surface area contributed by atoms with Gasteiger partial charge in [0.05, 0.1) is 23.1 Å². The molecule has 0 fully saturated rings. The normalized spacial score (nSPS) is 13.5. The first-order valence-corrected chi connectivity index (χ1v) is 4.86. The van der Waals surface area contributed by atoms with Gasteiger partial charge in [0.1, 0.15) is 0 Å². The number of aliphatic hydroxyl groups excluding tert-OH is 1. The lowest BCUT2D eigenvalue weighted by atomic mass is 10.0. The van der Waals surface area contributed by atoms with Gasteiger partial charge in [0.25, 0.3) is 0 Å². The second-order valence-electron chi connectivity index (χ2n) is 3.35.